The Morgan fingerprint density at radius 2 is 1.89 bits per heavy atom. The lowest BCUT2D eigenvalue weighted by atomic mass is 10.1. The predicted octanol–water partition coefficient (Wildman–Crippen LogP) is 4.40. The minimum absolute atomic E-state index is 0.283. The van der Waals surface area contributed by atoms with E-state index in [4.69, 9.17) is 16.9 Å². The molecule has 0 aliphatic rings. The van der Waals surface area contributed by atoms with Gasteiger partial charge in [-0.2, -0.15) is 5.26 Å². The minimum Gasteiger partial charge on any atom is -0.354 e. The van der Waals surface area contributed by atoms with Crippen LogP contribution in [-0.2, 0) is 0 Å². The minimum atomic E-state index is -0.283. The van der Waals surface area contributed by atoms with Gasteiger partial charge in [-0.05, 0) is 48.9 Å². The van der Waals surface area contributed by atoms with Crippen LogP contribution in [0.2, 0.25) is 5.02 Å². The second kappa shape index (κ2) is 5.07. The number of nitrogens with one attached hydrogen (secondary N) is 1. The molecule has 0 spiro atoms. The fourth-order valence-electron chi connectivity index (χ4n) is 1.63. The highest BCUT2D eigenvalue weighted by molar-refractivity contribution is 6.30. The molecule has 4 heteroatoms. The van der Waals surface area contributed by atoms with Gasteiger partial charge in [0, 0.05) is 10.7 Å². The standard InChI is InChI=1S/C14H10ClFN2/c1-9-6-12(16)3-5-13(9)18-14-4-2-11(15)7-10(14)8-17/h2-7,18H,1H3. The summed E-state index contributed by atoms with van der Waals surface area (Å²) >= 11 is 5.82. The first-order valence-corrected chi connectivity index (χ1v) is 5.71. The maximum atomic E-state index is 13.0. The Bertz CT molecular complexity index is 632. The van der Waals surface area contributed by atoms with E-state index in [1.54, 1.807) is 31.2 Å². The lowest BCUT2D eigenvalue weighted by molar-refractivity contribution is 0.627. The third-order valence-corrected chi connectivity index (χ3v) is 2.79. The molecular formula is C14H10ClFN2. The summed E-state index contributed by atoms with van der Waals surface area (Å²) in [6.45, 7) is 1.80. The first-order chi connectivity index (χ1) is 8.60. The summed E-state index contributed by atoms with van der Waals surface area (Å²) in [4.78, 5) is 0. The zero-order valence-corrected chi connectivity index (χ0v) is 10.4. The number of halogens is 2. The van der Waals surface area contributed by atoms with Gasteiger partial charge in [-0.15, -0.1) is 0 Å². The third kappa shape index (κ3) is 2.61. The van der Waals surface area contributed by atoms with Crippen LogP contribution in [0.25, 0.3) is 0 Å². The average molecular weight is 261 g/mol. The van der Waals surface area contributed by atoms with Crippen LogP contribution in [0.15, 0.2) is 36.4 Å². The lowest BCUT2D eigenvalue weighted by Crippen LogP contribution is -1.96. The van der Waals surface area contributed by atoms with Gasteiger partial charge in [-0.3, -0.25) is 0 Å². The van der Waals surface area contributed by atoms with Crippen molar-refractivity contribution in [3.63, 3.8) is 0 Å². The number of hydrogen-bond acceptors (Lipinski definition) is 2. The Kier molecular flexibility index (Phi) is 3.50. The molecule has 18 heavy (non-hydrogen) atoms. The van der Waals surface area contributed by atoms with E-state index >= 15 is 0 Å². The number of anilines is 2. The molecule has 0 bridgehead atoms. The van der Waals surface area contributed by atoms with Crippen molar-refractivity contribution in [2.24, 2.45) is 0 Å². The van der Waals surface area contributed by atoms with Gasteiger partial charge in [0.25, 0.3) is 0 Å². The Morgan fingerprint density at radius 3 is 2.56 bits per heavy atom. The molecule has 0 aromatic heterocycles. The SMILES string of the molecule is Cc1cc(F)ccc1Nc1ccc(Cl)cc1C#N. The summed E-state index contributed by atoms with van der Waals surface area (Å²) in [5.74, 6) is -0.283. The summed E-state index contributed by atoms with van der Waals surface area (Å²) in [5, 5.41) is 12.6. The highest BCUT2D eigenvalue weighted by Crippen LogP contribution is 2.25. The summed E-state index contributed by atoms with van der Waals surface area (Å²) in [5.41, 5.74) is 2.63. The molecule has 90 valence electrons. The molecule has 0 aliphatic heterocycles. The number of nitrogens with zero attached hydrogens (tertiary/aromatic N) is 1. The van der Waals surface area contributed by atoms with Gasteiger partial charge >= 0.3 is 0 Å². The van der Waals surface area contributed by atoms with Crippen LogP contribution in [0.1, 0.15) is 11.1 Å². The molecule has 0 amide bonds. The first-order valence-electron chi connectivity index (χ1n) is 5.33. The maximum absolute atomic E-state index is 13.0. The molecule has 0 saturated heterocycles. The van der Waals surface area contributed by atoms with Crippen molar-refractivity contribution in [2.75, 3.05) is 5.32 Å². The van der Waals surface area contributed by atoms with Gasteiger partial charge in [0.1, 0.15) is 11.9 Å². The summed E-state index contributed by atoms with van der Waals surface area (Å²) in [6.07, 6.45) is 0. The van der Waals surface area contributed by atoms with Crippen molar-refractivity contribution in [3.8, 4) is 6.07 Å². The van der Waals surface area contributed by atoms with Crippen LogP contribution >= 0.6 is 11.6 Å². The van der Waals surface area contributed by atoms with Crippen molar-refractivity contribution in [1.82, 2.24) is 0 Å². The van der Waals surface area contributed by atoms with Crippen LogP contribution in [0.4, 0.5) is 15.8 Å². The van der Waals surface area contributed by atoms with Gasteiger partial charge in [-0.1, -0.05) is 11.6 Å². The van der Waals surface area contributed by atoms with Crippen LogP contribution < -0.4 is 5.32 Å². The molecule has 2 rings (SSSR count). The number of aryl methyl sites for hydroxylation is 1. The van der Waals surface area contributed by atoms with E-state index in [0.29, 0.717) is 16.3 Å². The number of benzene rings is 2. The van der Waals surface area contributed by atoms with Gasteiger partial charge in [-0.25, -0.2) is 4.39 Å². The van der Waals surface area contributed by atoms with Crippen LogP contribution in [0.5, 0.6) is 0 Å². The molecule has 0 atom stereocenters. The van der Waals surface area contributed by atoms with Gasteiger partial charge < -0.3 is 5.32 Å². The number of nitriles is 1. The van der Waals surface area contributed by atoms with Gasteiger partial charge in [0.2, 0.25) is 0 Å². The molecule has 0 aliphatic carbocycles. The second-order valence-electron chi connectivity index (χ2n) is 3.89. The van der Waals surface area contributed by atoms with E-state index in [0.717, 1.165) is 11.3 Å². The molecule has 0 saturated carbocycles. The Morgan fingerprint density at radius 1 is 1.17 bits per heavy atom. The Balaban J connectivity index is 2.37. The summed E-state index contributed by atoms with van der Waals surface area (Å²) < 4.78 is 13.0. The second-order valence-corrected chi connectivity index (χ2v) is 4.32. The number of hydrogen-bond donors (Lipinski definition) is 1. The molecule has 2 aromatic carbocycles. The molecule has 2 aromatic rings. The summed E-state index contributed by atoms with van der Waals surface area (Å²) in [7, 11) is 0. The first kappa shape index (κ1) is 12.4. The van der Waals surface area contributed by atoms with E-state index in [1.165, 1.54) is 12.1 Å². The zero-order chi connectivity index (χ0) is 13.1. The Hall–Kier alpha value is -2.05. The molecule has 0 heterocycles. The van der Waals surface area contributed by atoms with Crippen molar-refractivity contribution >= 4 is 23.0 Å². The van der Waals surface area contributed by atoms with E-state index < -0.39 is 0 Å². The van der Waals surface area contributed by atoms with E-state index in [1.807, 2.05) is 0 Å². The van der Waals surface area contributed by atoms with Gasteiger partial charge in [0.15, 0.2) is 0 Å². The maximum Gasteiger partial charge on any atom is 0.123 e. The predicted molar refractivity (Wildman–Crippen MR) is 70.6 cm³/mol. The van der Waals surface area contributed by atoms with E-state index in [2.05, 4.69) is 11.4 Å². The van der Waals surface area contributed by atoms with E-state index in [9.17, 15) is 4.39 Å². The fraction of sp³-hybridized carbons (Fsp3) is 0.0714. The highest BCUT2D eigenvalue weighted by Gasteiger charge is 2.05. The van der Waals surface area contributed by atoms with Crippen molar-refractivity contribution in [3.05, 3.63) is 58.4 Å². The topological polar surface area (TPSA) is 35.8 Å². The summed E-state index contributed by atoms with van der Waals surface area (Å²) in [6, 6.07) is 11.5. The molecule has 2 nitrogen and oxygen atoms in total. The van der Waals surface area contributed by atoms with Crippen molar-refractivity contribution in [1.29, 1.82) is 5.26 Å². The smallest absolute Gasteiger partial charge is 0.123 e. The largest absolute Gasteiger partial charge is 0.354 e. The molecule has 0 fully saturated rings. The van der Waals surface area contributed by atoms with Crippen molar-refractivity contribution in [2.45, 2.75) is 6.92 Å². The normalized spacial score (nSPS) is 9.89. The molecular weight excluding hydrogens is 251 g/mol. The lowest BCUT2D eigenvalue weighted by Gasteiger charge is -2.11. The molecule has 0 unspecified atom stereocenters. The van der Waals surface area contributed by atoms with Crippen LogP contribution in [-0.4, -0.2) is 0 Å². The Labute approximate surface area is 110 Å². The number of rotatable bonds is 2. The quantitative estimate of drug-likeness (QED) is 0.869. The van der Waals surface area contributed by atoms with E-state index in [-0.39, 0.29) is 5.82 Å². The molecule has 1 N–H and O–H groups in total. The highest BCUT2D eigenvalue weighted by atomic mass is 35.5. The monoisotopic (exact) mass is 260 g/mol. The zero-order valence-electron chi connectivity index (χ0n) is 9.67. The molecule has 0 radical (unpaired) electrons. The average Bonchev–Trinajstić information content (AvgIpc) is 2.34. The third-order valence-electron chi connectivity index (χ3n) is 2.56. The van der Waals surface area contributed by atoms with Crippen molar-refractivity contribution < 1.29 is 4.39 Å². The van der Waals surface area contributed by atoms with Crippen LogP contribution in [0, 0.1) is 24.1 Å². The fourth-order valence-corrected chi connectivity index (χ4v) is 1.80. The van der Waals surface area contributed by atoms with Crippen LogP contribution in [0.3, 0.4) is 0 Å². The van der Waals surface area contributed by atoms with Gasteiger partial charge in [0.05, 0.1) is 11.3 Å².